The van der Waals surface area contributed by atoms with E-state index in [2.05, 4.69) is 18.9 Å². The van der Waals surface area contributed by atoms with Gasteiger partial charge in [0.15, 0.2) is 0 Å². The van der Waals surface area contributed by atoms with E-state index < -0.39 is 0 Å². The fraction of sp³-hybridized carbons (Fsp3) is 1.00. The SMILES string of the molecule is CCCC1CCC(N(C)C2CCCC2CN)CC1. The second-order valence-corrected chi connectivity index (χ2v) is 6.62. The van der Waals surface area contributed by atoms with Crippen molar-refractivity contribution in [1.82, 2.24) is 4.90 Å². The number of nitrogens with two attached hydrogens (primary N) is 1. The molecule has 2 heteroatoms. The maximum absolute atomic E-state index is 5.93. The van der Waals surface area contributed by atoms with E-state index in [1.54, 1.807) is 0 Å². The maximum atomic E-state index is 5.93. The Morgan fingerprint density at radius 3 is 2.39 bits per heavy atom. The van der Waals surface area contributed by atoms with Crippen molar-refractivity contribution in [3.63, 3.8) is 0 Å². The van der Waals surface area contributed by atoms with E-state index >= 15 is 0 Å². The fourth-order valence-electron chi connectivity index (χ4n) is 4.35. The molecule has 2 aliphatic rings. The lowest BCUT2D eigenvalue weighted by atomic mass is 9.82. The normalized spacial score (nSPS) is 37.3. The minimum absolute atomic E-state index is 0.767. The smallest absolute Gasteiger partial charge is 0.0135 e. The number of hydrogen-bond acceptors (Lipinski definition) is 2. The molecule has 0 amide bonds. The van der Waals surface area contributed by atoms with Gasteiger partial charge in [0.25, 0.3) is 0 Å². The molecule has 0 spiro atoms. The van der Waals surface area contributed by atoms with Crippen molar-refractivity contribution < 1.29 is 0 Å². The third-order valence-electron chi connectivity index (χ3n) is 5.53. The molecule has 0 aromatic carbocycles. The van der Waals surface area contributed by atoms with Crippen LogP contribution in [-0.4, -0.2) is 30.6 Å². The predicted molar refractivity (Wildman–Crippen MR) is 78.6 cm³/mol. The molecule has 18 heavy (non-hydrogen) atoms. The summed E-state index contributed by atoms with van der Waals surface area (Å²) in [6.45, 7) is 3.21. The maximum Gasteiger partial charge on any atom is 0.0135 e. The predicted octanol–water partition coefficient (Wildman–Crippen LogP) is 3.40. The Morgan fingerprint density at radius 1 is 1.06 bits per heavy atom. The van der Waals surface area contributed by atoms with E-state index in [9.17, 15) is 0 Å². The molecule has 2 aliphatic carbocycles. The minimum atomic E-state index is 0.767. The number of rotatable bonds is 5. The summed E-state index contributed by atoms with van der Waals surface area (Å²) in [6, 6.07) is 1.62. The van der Waals surface area contributed by atoms with Crippen molar-refractivity contribution in [2.24, 2.45) is 17.6 Å². The van der Waals surface area contributed by atoms with Crippen molar-refractivity contribution in [2.75, 3.05) is 13.6 Å². The first-order valence-corrected chi connectivity index (χ1v) is 8.18. The van der Waals surface area contributed by atoms with Crippen molar-refractivity contribution in [2.45, 2.75) is 76.8 Å². The quantitative estimate of drug-likeness (QED) is 0.812. The molecule has 0 aromatic heterocycles. The molecular formula is C16H32N2. The highest BCUT2D eigenvalue weighted by Gasteiger charge is 2.34. The number of nitrogens with zero attached hydrogens (tertiary/aromatic N) is 1. The molecule has 2 N–H and O–H groups in total. The molecule has 2 fully saturated rings. The highest BCUT2D eigenvalue weighted by molar-refractivity contribution is 4.89. The van der Waals surface area contributed by atoms with Gasteiger partial charge in [-0.15, -0.1) is 0 Å². The van der Waals surface area contributed by atoms with Gasteiger partial charge in [0.1, 0.15) is 0 Å². The van der Waals surface area contributed by atoms with Gasteiger partial charge in [-0.1, -0.05) is 26.2 Å². The van der Waals surface area contributed by atoms with E-state index in [1.807, 2.05) is 0 Å². The largest absolute Gasteiger partial charge is 0.330 e. The Kier molecular flexibility index (Phi) is 5.50. The first kappa shape index (κ1) is 14.3. The van der Waals surface area contributed by atoms with Crippen LogP contribution < -0.4 is 5.73 Å². The average molecular weight is 252 g/mol. The van der Waals surface area contributed by atoms with Gasteiger partial charge in [0.2, 0.25) is 0 Å². The summed E-state index contributed by atoms with van der Waals surface area (Å²) in [4.78, 5) is 2.70. The van der Waals surface area contributed by atoms with E-state index in [4.69, 9.17) is 5.73 Å². The fourth-order valence-corrected chi connectivity index (χ4v) is 4.35. The van der Waals surface area contributed by atoms with Crippen LogP contribution in [0.5, 0.6) is 0 Å². The molecule has 2 saturated carbocycles. The summed E-state index contributed by atoms with van der Waals surface area (Å²) in [7, 11) is 2.36. The van der Waals surface area contributed by atoms with Gasteiger partial charge < -0.3 is 10.6 Å². The van der Waals surface area contributed by atoms with Crippen LogP contribution in [0.1, 0.15) is 64.7 Å². The van der Waals surface area contributed by atoms with Crippen LogP contribution in [0.25, 0.3) is 0 Å². The monoisotopic (exact) mass is 252 g/mol. The molecule has 2 atom stereocenters. The Bertz CT molecular complexity index is 233. The van der Waals surface area contributed by atoms with Crippen LogP contribution in [-0.2, 0) is 0 Å². The van der Waals surface area contributed by atoms with Gasteiger partial charge in [0.05, 0.1) is 0 Å². The van der Waals surface area contributed by atoms with Crippen molar-refractivity contribution in [3.8, 4) is 0 Å². The van der Waals surface area contributed by atoms with Gasteiger partial charge in [-0.3, -0.25) is 0 Å². The van der Waals surface area contributed by atoms with Gasteiger partial charge in [-0.05, 0) is 64.0 Å². The molecular weight excluding hydrogens is 220 g/mol. The molecule has 0 aliphatic heterocycles. The summed E-state index contributed by atoms with van der Waals surface area (Å²) in [5, 5.41) is 0. The van der Waals surface area contributed by atoms with E-state index in [1.165, 1.54) is 57.8 Å². The van der Waals surface area contributed by atoms with Gasteiger partial charge in [0, 0.05) is 12.1 Å². The standard InChI is InChI=1S/C16H32N2/c1-3-5-13-8-10-15(11-9-13)18(2)16-7-4-6-14(16)12-17/h13-16H,3-12,17H2,1-2H3. The van der Waals surface area contributed by atoms with Gasteiger partial charge >= 0.3 is 0 Å². The Hall–Kier alpha value is -0.0800. The Labute approximate surface area is 113 Å². The van der Waals surface area contributed by atoms with Crippen LogP contribution >= 0.6 is 0 Å². The first-order valence-electron chi connectivity index (χ1n) is 8.18. The summed E-state index contributed by atoms with van der Waals surface area (Å²) >= 11 is 0. The molecule has 0 aromatic rings. The Morgan fingerprint density at radius 2 is 1.78 bits per heavy atom. The topological polar surface area (TPSA) is 29.3 Å². The van der Waals surface area contributed by atoms with Crippen LogP contribution in [0, 0.1) is 11.8 Å². The highest BCUT2D eigenvalue weighted by atomic mass is 15.2. The molecule has 0 bridgehead atoms. The van der Waals surface area contributed by atoms with E-state index in [0.717, 1.165) is 30.5 Å². The molecule has 0 radical (unpaired) electrons. The molecule has 2 unspecified atom stereocenters. The molecule has 0 saturated heterocycles. The van der Waals surface area contributed by atoms with E-state index in [0.29, 0.717) is 0 Å². The van der Waals surface area contributed by atoms with Crippen LogP contribution in [0.4, 0.5) is 0 Å². The van der Waals surface area contributed by atoms with Crippen LogP contribution in [0.2, 0.25) is 0 Å². The van der Waals surface area contributed by atoms with Crippen molar-refractivity contribution in [3.05, 3.63) is 0 Å². The second-order valence-electron chi connectivity index (χ2n) is 6.62. The zero-order valence-corrected chi connectivity index (χ0v) is 12.4. The first-order chi connectivity index (χ1) is 8.76. The van der Waals surface area contributed by atoms with Gasteiger partial charge in [-0.2, -0.15) is 0 Å². The molecule has 2 nitrogen and oxygen atoms in total. The minimum Gasteiger partial charge on any atom is -0.330 e. The van der Waals surface area contributed by atoms with E-state index in [-0.39, 0.29) is 0 Å². The van der Waals surface area contributed by atoms with Crippen LogP contribution in [0.15, 0.2) is 0 Å². The number of hydrogen-bond donors (Lipinski definition) is 1. The summed E-state index contributed by atoms with van der Waals surface area (Å²) in [6.07, 6.45) is 12.7. The molecule has 106 valence electrons. The van der Waals surface area contributed by atoms with Crippen molar-refractivity contribution >= 4 is 0 Å². The third-order valence-corrected chi connectivity index (χ3v) is 5.53. The highest BCUT2D eigenvalue weighted by Crippen LogP contribution is 2.35. The average Bonchev–Trinajstić information content (AvgIpc) is 2.87. The molecule has 0 heterocycles. The lowest BCUT2D eigenvalue weighted by Gasteiger charge is -2.40. The van der Waals surface area contributed by atoms with Gasteiger partial charge in [-0.25, -0.2) is 0 Å². The summed E-state index contributed by atoms with van der Waals surface area (Å²) < 4.78 is 0. The molecule has 2 rings (SSSR count). The summed E-state index contributed by atoms with van der Waals surface area (Å²) in [5.41, 5.74) is 5.93. The summed E-state index contributed by atoms with van der Waals surface area (Å²) in [5.74, 6) is 1.79. The zero-order chi connectivity index (χ0) is 13.0. The lowest BCUT2D eigenvalue weighted by molar-refractivity contribution is 0.0987. The van der Waals surface area contributed by atoms with Crippen molar-refractivity contribution in [1.29, 1.82) is 0 Å². The Balaban J connectivity index is 1.81. The van der Waals surface area contributed by atoms with Crippen LogP contribution in [0.3, 0.4) is 0 Å². The second kappa shape index (κ2) is 6.91. The zero-order valence-electron chi connectivity index (χ0n) is 12.4. The lowest BCUT2D eigenvalue weighted by Crippen LogP contribution is -2.45. The third kappa shape index (κ3) is 3.27.